The number of carbonyl (C=O) groups is 2. The van der Waals surface area contributed by atoms with Crippen LogP contribution in [0.4, 0.5) is 0 Å². The lowest BCUT2D eigenvalue weighted by Crippen LogP contribution is -2.25. The molecule has 1 aromatic heterocycles. The first-order valence-corrected chi connectivity index (χ1v) is 7.61. The van der Waals surface area contributed by atoms with E-state index in [2.05, 4.69) is 10.3 Å². The van der Waals surface area contributed by atoms with Crippen LogP contribution in [0.15, 0.2) is 9.68 Å². The Kier molecular flexibility index (Phi) is 5.25. The number of carboxylic acids is 2. The Morgan fingerprint density at radius 1 is 1.39 bits per heavy atom. The lowest BCUT2D eigenvalue weighted by Gasteiger charge is -2.16. The molecule has 2 rings (SSSR count). The van der Waals surface area contributed by atoms with Gasteiger partial charge in [0.05, 0.1) is 5.69 Å². The molecule has 0 saturated heterocycles. The molecule has 9 heteroatoms. The van der Waals surface area contributed by atoms with Crippen molar-refractivity contribution in [2.45, 2.75) is 44.4 Å². The SMILES string of the molecule is CC[C@H](CC(C(=O)O)C(=O)O)c1noc(/C(Cl)=N\O)c1C1CC1. The van der Waals surface area contributed by atoms with Crippen molar-refractivity contribution in [1.82, 2.24) is 5.16 Å². The highest BCUT2D eigenvalue weighted by Gasteiger charge is 2.38. The maximum Gasteiger partial charge on any atom is 0.317 e. The van der Waals surface area contributed by atoms with Gasteiger partial charge in [0, 0.05) is 11.5 Å². The van der Waals surface area contributed by atoms with Gasteiger partial charge in [-0.05, 0) is 31.6 Å². The van der Waals surface area contributed by atoms with Gasteiger partial charge in [0.15, 0.2) is 5.92 Å². The Morgan fingerprint density at radius 2 is 2.00 bits per heavy atom. The number of aliphatic carboxylic acids is 2. The highest BCUT2D eigenvalue weighted by molar-refractivity contribution is 6.69. The van der Waals surface area contributed by atoms with Gasteiger partial charge in [-0.25, -0.2) is 0 Å². The molecule has 8 nitrogen and oxygen atoms in total. The van der Waals surface area contributed by atoms with Crippen molar-refractivity contribution in [2.75, 3.05) is 0 Å². The van der Waals surface area contributed by atoms with E-state index in [0.29, 0.717) is 17.7 Å². The van der Waals surface area contributed by atoms with Crippen LogP contribution in [0.1, 0.15) is 61.5 Å². The topological polar surface area (TPSA) is 133 Å². The van der Waals surface area contributed by atoms with Gasteiger partial charge in [-0.3, -0.25) is 9.59 Å². The molecule has 3 N–H and O–H groups in total. The van der Waals surface area contributed by atoms with Crippen LogP contribution < -0.4 is 0 Å². The molecule has 1 atom stereocenters. The van der Waals surface area contributed by atoms with E-state index in [4.69, 9.17) is 31.5 Å². The molecule has 1 aliphatic carbocycles. The maximum atomic E-state index is 11.1. The number of rotatable bonds is 8. The van der Waals surface area contributed by atoms with Gasteiger partial charge in [-0.2, -0.15) is 0 Å². The average Bonchev–Trinajstić information content (AvgIpc) is 3.26. The number of hydrogen-bond acceptors (Lipinski definition) is 6. The van der Waals surface area contributed by atoms with Crippen LogP contribution in [0.5, 0.6) is 0 Å². The summed E-state index contributed by atoms with van der Waals surface area (Å²) in [6, 6.07) is 0. The Bertz CT molecular complexity index is 623. The highest BCUT2D eigenvalue weighted by Crippen LogP contribution is 2.46. The van der Waals surface area contributed by atoms with Crippen LogP contribution in [0.25, 0.3) is 0 Å². The van der Waals surface area contributed by atoms with Crippen molar-refractivity contribution in [2.24, 2.45) is 11.1 Å². The molecule has 126 valence electrons. The quantitative estimate of drug-likeness (QED) is 0.285. The molecule has 1 aliphatic rings. The van der Waals surface area contributed by atoms with Crippen molar-refractivity contribution in [1.29, 1.82) is 0 Å². The standard InChI is InChI=1S/C14H17ClN2O6/c1-2-6(5-8(13(18)19)14(20)21)10-9(7-3-4-7)11(23-17-10)12(15)16-22/h6-8,22H,2-5H2,1H3,(H,18,19)(H,20,21)/b16-12+/t6-/m1/s1. The first-order valence-electron chi connectivity index (χ1n) is 7.23. The third-order valence-electron chi connectivity index (χ3n) is 4.01. The summed E-state index contributed by atoms with van der Waals surface area (Å²) in [4.78, 5) is 22.2. The summed E-state index contributed by atoms with van der Waals surface area (Å²) in [5.74, 6) is -4.38. The van der Waals surface area contributed by atoms with E-state index in [-0.39, 0.29) is 23.3 Å². The van der Waals surface area contributed by atoms with Crippen molar-refractivity contribution in [3.63, 3.8) is 0 Å². The summed E-state index contributed by atoms with van der Waals surface area (Å²) in [5, 5.41) is 33.6. The molecule has 0 aliphatic heterocycles. The lowest BCUT2D eigenvalue weighted by molar-refractivity contribution is -0.155. The molecule has 0 amide bonds. The Labute approximate surface area is 136 Å². The van der Waals surface area contributed by atoms with Crippen molar-refractivity contribution in [3.8, 4) is 0 Å². The van der Waals surface area contributed by atoms with E-state index in [1.165, 1.54) is 0 Å². The molecular formula is C14H17ClN2O6. The molecule has 0 bridgehead atoms. The normalized spacial score (nSPS) is 16.6. The van der Waals surface area contributed by atoms with Crippen LogP contribution in [-0.2, 0) is 9.59 Å². The average molecular weight is 345 g/mol. The van der Waals surface area contributed by atoms with Gasteiger partial charge >= 0.3 is 11.9 Å². The number of nitrogens with zero attached hydrogens (tertiary/aromatic N) is 2. The predicted molar refractivity (Wildman–Crippen MR) is 79.1 cm³/mol. The molecule has 1 saturated carbocycles. The zero-order chi connectivity index (χ0) is 17.1. The molecule has 0 spiro atoms. The minimum absolute atomic E-state index is 0.0965. The fourth-order valence-corrected chi connectivity index (χ4v) is 2.76. The van der Waals surface area contributed by atoms with Gasteiger partial charge < -0.3 is 19.9 Å². The number of oxime groups is 1. The molecule has 1 fully saturated rings. The van der Waals surface area contributed by atoms with Gasteiger partial charge in [-0.15, -0.1) is 0 Å². The van der Waals surface area contributed by atoms with Crippen LogP contribution >= 0.6 is 11.6 Å². The zero-order valence-electron chi connectivity index (χ0n) is 12.4. The number of carboxylic acid groups (broad SMARTS) is 2. The van der Waals surface area contributed by atoms with Crippen LogP contribution in [0.2, 0.25) is 0 Å². The maximum absolute atomic E-state index is 11.1. The van der Waals surface area contributed by atoms with Gasteiger partial charge in [0.1, 0.15) is 0 Å². The summed E-state index contributed by atoms with van der Waals surface area (Å²) in [5.41, 5.74) is 1.19. The molecular weight excluding hydrogens is 328 g/mol. The van der Waals surface area contributed by atoms with Gasteiger partial charge in [-0.1, -0.05) is 28.8 Å². The molecule has 23 heavy (non-hydrogen) atoms. The summed E-state index contributed by atoms with van der Waals surface area (Å²) in [6.07, 6.45) is 2.19. The van der Waals surface area contributed by atoms with E-state index in [1.807, 2.05) is 6.92 Å². The summed E-state index contributed by atoms with van der Waals surface area (Å²) in [7, 11) is 0. The number of halogens is 1. The van der Waals surface area contributed by atoms with Crippen LogP contribution in [-0.4, -0.2) is 37.7 Å². The first kappa shape index (κ1) is 17.3. The fourth-order valence-electron chi connectivity index (χ4n) is 2.63. The molecule has 1 heterocycles. The van der Waals surface area contributed by atoms with Gasteiger partial charge in [0.25, 0.3) is 0 Å². The fraction of sp³-hybridized carbons (Fsp3) is 0.571. The van der Waals surface area contributed by atoms with Crippen molar-refractivity contribution >= 4 is 28.7 Å². The Morgan fingerprint density at radius 3 is 2.43 bits per heavy atom. The van der Waals surface area contributed by atoms with E-state index < -0.39 is 23.8 Å². The molecule has 0 unspecified atom stereocenters. The largest absolute Gasteiger partial charge is 0.481 e. The highest BCUT2D eigenvalue weighted by atomic mass is 35.5. The second-order valence-corrected chi connectivity index (χ2v) is 5.90. The van der Waals surface area contributed by atoms with Crippen LogP contribution in [0.3, 0.4) is 0 Å². The third kappa shape index (κ3) is 3.64. The smallest absolute Gasteiger partial charge is 0.317 e. The number of hydrogen-bond donors (Lipinski definition) is 3. The Balaban J connectivity index is 2.36. The third-order valence-corrected chi connectivity index (χ3v) is 4.26. The van der Waals surface area contributed by atoms with E-state index in [0.717, 1.165) is 12.8 Å². The summed E-state index contributed by atoms with van der Waals surface area (Å²) < 4.78 is 5.17. The molecule has 0 aromatic carbocycles. The lowest BCUT2D eigenvalue weighted by atomic mass is 9.87. The van der Waals surface area contributed by atoms with Crippen LogP contribution in [0, 0.1) is 5.92 Å². The van der Waals surface area contributed by atoms with Gasteiger partial charge in [0.2, 0.25) is 10.9 Å². The Hall–Kier alpha value is -2.09. The van der Waals surface area contributed by atoms with E-state index in [1.54, 1.807) is 0 Å². The molecule has 1 aromatic rings. The van der Waals surface area contributed by atoms with E-state index in [9.17, 15) is 9.59 Å². The predicted octanol–water partition coefficient (Wildman–Crippen LogP) is 2.60. The number of aromatic nitrogens is 1. The minimum atomic E-state index is -1.52. The van der Waals surface area contributed by atoms with Crippen molar-refractivity contribution in [3.05, 3.63) is 17.0 Å². The second kappa shape index (κ2) is 6.99. The monoisotopic (exact) mass is 344 g/mol. The minimum Gasteiger partial charge on any atom is -0.481 e. The van der Waals surface area contributed by atoms with E-state index >= 15 is 0 Å². The zero-order valence-corrected chi connectivity index (χ0v) is 13.2. The summed E-state index contributed by atoms with van der Waals surface area (Å²) >= 11 is 5.81. The summed E-state index contributed by atoms with van der Waals surface area (Å²) in [6.45, 7) is 1.82. The van der Waals surface area contributed by atoms with Crippen molar-refractivity contribution < 1.29 is 29.5 Å². The second-order valence-electron chi connectivity index (χ2n) is 5.55. The molecule has 0 radical (unpaired) electrons. The first-order chi connectivity index (χ1) is 10.9.